The first-order valence-corrected chi connectivity index (χ1v) is 43.2. The summed E-state index contributed by atoms with van der Waals surface area (Å²) in [7, 11) is -12.8. The average molecular weight is 994 g/mol. The zero-order valence-electron chi connectivity index (χ0n) is 41.4. The van der Waals surface area contributed by atoms with E-state index in [-0.39, 0.29) is 5.91 Å². The molecular formula is C42H79F3N4O6SSi6. The molecule has 0 fully saturated rings. The van der Waals surface area contributed by atoms with Crippen molar-refractivity contribution in [2.24, 2.45) is 4.66 Å². The lowest BCUT2D eigenvalue weighted by Crippen LogP contribution is -2.50. The maximum absolute atomic E-state index is 12.7. The second kappa shape index (κ2) is 25.7. The molecule has 1 heterocycles. The van der Waals surface area contributed by atoms with Gasteiger partial charge in [-0.25, -0.2) is 4.98 Å². The lowest BCUT2D eigenvalue weighted by molar-refractivity contribution is -0.117. The molecule has 10 nitrogen and oxygen atoms in total. The van der Waals surface area contributed by atoms with E-state index in [1.54, 1.807) is 0 Å². The summed E-state index contributed by atoms with van der Waals surface area (Å²) in [5.41, 5.74) is -3.23. The molecular weight excluding hydrogens is 914 g/mol. The highest BCUT2D eigenvalue weighted by Crippen LogP contribution is 2.24. The van der Waals surface area contributed by atoms with Gasteiger partial charge in [-0.3, -0.25) is 13.6 Å². The fourth-order valence-electron chi connectivity index (χ4n) is 5.27. The van der Waals surface area contributed by atoms with Gasteiger partial charge in [0.25, 0.3) is 0 Å². The van der Waals surface area contributed by atoms with E-state index in [0.29, 0.717) is 19.3 Å². The maximum Gasteiger partial charge on any atom is 0.523 e. The second-order valence-corrected chi connectivity index (χ2v) is 52.4. The molecule has 0 spiro atoms. The molecule has 3 rings (SSSR count). The number of hydrogen-bond acceptors (Lipinski definition) is 8. The number of Topliss-reactive ketones (excluding diaryl/α,β-unsaturated/α-hetero) is 1. The molecule has 0 N–H and O–H groups in total. The summed E-state index contributed by atoms with van der Waals surface area (Å²) in [6, 6.07) is 21.7. The van der Waals surface area contributed by atoms with E-state index in [1.807, 2.05) is 90.9 Å². The van der Waals surface area contributed by atoms with Crippen molar-refractivity contribution in [2.75, 3.05) is 11.7 Å². The summed E-state index contributed by atoms with van der Waals surface area (Å²) in [4.78, 5) is 28.3. The highest BCUT2D eigenvalue weighted by Gasteiger charge is 2.46. The molecule has 354 valence electrons. The smallest absolute Gasteiger partial charge is 0.523 e. The molecule has 62 heavy (non-hydrogen) atoms. The number of amides is 1. The summed E-state index contributed by atoms with van der Waals surface area (Å²) in [6.45, 7) is 42.1. The van der Waals surface area contributed by atoms with Crippen molar-refractivity contribution >= 4 is 82.6 Å². The van der Waals surface area contributed by atoms with Crippen LogP contribution < -0.4 is 4.57 Å². The molecule has 0 radical (unpaired) electrons. The van der Waals surface area contributed by atoms with Crippen molar-refractivity contribution in [3.8, 4) is 0 Å². The minimum absolute atomic E-state index is 0.182. The highest BCUT2D eigenvalue weighted by atomic mass is 32.2. The summed E-state index contributed by atoms with van der Waals surface area (Å²) < 4.78 is 70.4. The van der Waals surface area contributed by atoms with E-state index in [1.165, 1.54) is 0 Å². The quantitative estimate of drug-likeness (QED) is 0.0582. The number of rotatable bonds is 12. The van der Waals surface area contributed by atoms with Gasteiger partial charge in [-0.1, -0.05) is 127 Å². The maximum atomic E-state index is 12.7. The molecule has 0 aliphatic carbocycles. The van der Waals surface area contributed by atoms with Crippen LogP contribution in [-0.4, -0.2) is 97.0 Å². The number of imidazole rings is 1. The normalized spacial score (nSPS) is 12.7. The largest absolute Gasteiger partial charge is 0.535 e. The molecule has 0 aliphatic rings. The molecule has 20 heteroatoms. The predicted molar refractivity (Wildman–Crippen MR) is 273 cm³/mol. The lowest BCUT2D eigenvalue weighted by Gasteiger charge is -2.34. The van der Waals surface area contributed by atoms with Crippen LogP contribution in [0.1, 0.15) is 12.5 Å². The van der Waals surface area contributed by atoms with Crippen molar-refractivity contribution in [1.82, 2.24) is 9.22 Å². The van der Waals surface area contributed by atoms with Gasteiger partial charge in [0.15, 0.2) is 30.6 Å². The van der Waals surface area contributed by atoms with Gasteiger partial charge in [0, 0.05) is 37.1 Å². The summed E-state index contributed by atoms with van der Waals surface area (Å²) in [5, 5.41) is 0. The minimum atomic E-state index is -5.34. The van der Waals surface area contributed by atoms with E-state index < -0.39 is 64.8 Å². The Labute approximate surface area is 379 Å². The first-order chi connectivity index (χ1) is 27.6. The van der Waals surface area contributed by atoms with Crippen LogP contribution in [0.4, 0.5) is 18.9 Å². The zero-order chi connectivity index (χ0) is 49.2. The van der Waals surface area contributed by atoms with E-state index >= 15 is 0 Å². The van der Waals surface area contributed by atoms with E-state index in [0.717, 1.165) is 29.2 Å². The van der Waals surface area contributed by atoms with Gasteiger partial charge in [0.2, 0.25) is 14.2 Å². The van der Waals surface area contributed by atoms with Crippen LogP contribution >= 0.6 is 0 Å². The number of benzene rings is 2. The number of alkyl halides is 3. The number of para-hydroxylation sites is 1. The molecule has 0 aliphatic heterocycles. The number of anilines is 1. The number of nitrogens with zero attached hydrogens (tertiary/aromatic N) is 4. The van der Waals surface area contributed by atoms with Crippen molar-refractivity contribution in [3.05, 3.63) is 84.9 Å². The molecule has 0 saturated heterocycles. The standard InChI is InChI=1S/C17H21NOSi.C9H22OSi2.C8H21NOSi2.C6H12N2Si.C2H3F3O3S/c1-20(2,3)18(16-12-8-5-9-13-16)17(19)14-15-10-6-4-7-11-15;1-11(2,3)7-9(10)8-12(4,5)6;1-8(9-11(2,3)4)10-12(5,6)7;1-9(2,3)8-5-4-7-6-8;1-8-9(6,7)2(3,4)5/h4-13H,14H2,1-3H3;7-8H2,1-6H3;1-7H3;4-6H,1-3H3;1H3. The molecule has 0 unspecified atom stereocenters. The van der Waals surface area contributed by atoms with E-state index in [4.69, 9.17) is 4.43 Å². The second-order valence-electron chi connectivity index (χ2n) is 21.1. The first-order valence-electron chi connectivity index (χ1n) is 20.6. The monoisotopic (exact) mass is 992 g/mol. The van der Waals surface area contributed by atoms with Gasteiger partial charge >= 0.3 is 15.6 Å². The van der Waals surface area contributed by atoms with Crippen LogP contribution in [0.2, 0.25) is 130 Å². The molecule has 3 aromatic rings. The topological polar surface area (TPSA) is 120 Å². The SMILES string of the molecule is CC(=N[Si](C)(C)C)O[Si](C)(C)C.COS(=O)(=O)C(F)(F)F.C[Si](C)(C)CC(=O)C[Si](C)(C)C.C[Si](C)(C)N(C(=O)Cc1ccccc1)c1ccccc1.C[Si](C)(C)n1ccnc1. The van der Waals surface area contributed by atoms with E-state index in [2.05, 4.69) is 136 Å². The number of halogens is 3. The van der Waals surface area contributed by atoms with Crippen LogP contribution in [0.5, 0.6) is 0 Å². The third kappa shape index (κ3) is 31.2. The van der Waals surface area contributed by atoms with Gasteiger partial charge in [-0.2, -0.15) is 21.6 Å². The van der Waals surface area contributed by atoms with E-state index in [9.17, 15) is 31.2 Å². The summed E-state index contributed by atoms with van der Waals surface area (Å²) in [6.07, 6.45) is 6.22. The van der Waals surface area contributed by atoms with Gasteiger partial charge < -0.3 is 18.0 Å². The Hall–Kier alpha value is -2.74. The minimum Gasteiger partial charge on any atom is -0.535 e. The van der Waals surface area contributed by atoms with Crippen LogP contribution in [0, 0.1) is 0 Å². The Morgan fingerprint density at radius 2 is 1.18 bits per heavy atom. The van der Waals surface area contributed by atoms with Crippen LogP contribution in [0.25, 0.3) is 0 Å². The van der Waals surface area contributed by atoms with Gasteiger partial charge in [-0.15, -0.1) is 0 Å². The molecule has 0 atom stereocenters. The lowest BCUT2D eigenvalue weighted by atomic mass is 10.1. The highest BCUT2D eigenvalue weighted by molar-refractivity contribution is 7.87. The van der Waals surface area contributed by atoms with Crippen LogP contribution in [0.15, 0.2) is 84.0 Å². The van der Waals surface area contributed by atoms with Gasteiger partial charge in [-0.05, 0) is 57.0 Å². The fourth-order valence-corrected chi connectivity index (χ4v) is 13.0. The zero-order valence-corrected chi connectivity index (χ0v) is 48.2. The van der Waals surface area contributed by atoms with Crippen molar-refractivity contribution in [3.63, 3.8) is 0 Å². The fraction of sp³-hybridized carbons (Fsp3) is 0.571. The summed E-state index contributed by atoms with van der Waals surface area (Å²) >= 11 is 0. The molecule has 1 aromatic heterocycles. The predicted octanol–water partition coefficient (Wildman–Crippen LogP) is 12.5. The number of carbonyl (C=O) groups excluding carboxylic acids is 2. The first kappa shape index (κ1) is 61.3. The Morgan fingerprint density at radius 3 is 1.45 bits per heavy atom. The number of hydrogen-bond donors (Lipinski definition) is 0. The number of aromatic nitrogens is 2. The van der Waals surface area contributed by atoms with Gasteiger partial charge in [0.05, 0.1) is 36.0 Å². The molecule has 0 saturated carbocycles. The average Bonchev–Trinajstić information content (AvgIpc) is 3.59. The van der Waals surface area contributed by atoms with Crippen LogP contribution in [0.3, 0.4) is 0 Å². The Kier molecular flexibility index (Phi) is 25.4. The number of ketones is 1. The summed E-state index contributed by atoms with van der Waals surface area (Å²) in [5.74, 6) is 1.57. The molecule has 1 amide bonds. The third-order valence-electron chi connectivity index (χ3n) is 7.32. The van der Waals surface area contributed by atoms with Crippen molar-refractivity contribution in [2.45, 2.75) is 149 Å². The Balaban J connectivity index is 0. The van der Waals surface area contributed by atoms with Crippen molar-refractivity contribution < 1.29 is 39.8 Å². The Morgan fingerprint density at radius 1 is 0.742 bits per heavy atom. The Bertz CT molecular complexity index is 1860. The van der Waals surface area contributed by atoms with Crippen molar-refractivity contribution in [1.29, 1.82) is 0 Å². The number of carbonyl (C=O) groups is 2. The molecule has 2 aromatic carbocycles. The third-order valence-corrected chi connectivity index (χ3v) is 16.8. The van der Waals surface area contributed by atoms with Gasteiger partial charge in [0.1, 0.15) is 5.78 Å². The van der Waals surface area contributed by atoms with Crippen LogP contribution in [-0.2, 0) is 34.7 Å². The molecule has 0 bridgehead atoms.